The van der Waals surface area contributed by atoms with Crippen molar-refractivity contribution < 1.29 is 14.7 Å². The smallest absolute Gasteiger partial charge is 0.282 e. The molecule has 4 rings (SSSR count). The molecule has 1 N–H and O–H groups in total. The van der Waals surface area contributed by atoms with Crippen LogP contribution in [0, 0.1) is 12.8 Å². The Balaban J connectivity index is 1.82. The maximum atomic E-state index is 13.5. The molecule has 1 unspecified atom stereocenters. The van der Waals surface area contributed by atoms with Crippen LogP contribution in [0.15, 0.2) is 60.3 Å². The van der Waals surface area contributed by atoms with Crippen molar-refractivity contribution in [3.8, 4) is 0 Å². The highest BCUT2D eigenvalue weighted by Crippen LogP contribution is 2.37. The molecule has 0 aliphatic carbocycles. The summed E-state index contributed by atoms with van der Waals surface area (Å²) in [4.78, 5) is 30.2. The second kappa shape index (κ2) is 7.60. The van der Waals surface area contributed by atoms with Gasteiger partial charge in [0.15, 0.2) is 0 Å². The van der Waals surface area contributed by atoms with Gasteiger partial charge in [-0.2, -0.15) is 0 Å². The Morgan fingerprint density at radius 1 is 1.00 bits per heavy atom. The van der Waals surface area contributed by atoms with Crippen molar-refractivity contribution in [2.75, 3.05) is 24.6 Å². The summed E-state index contributed by atoms with van der Waals surface area (Å²) in [6.07, 6.45) is 1.83. The average molecular weight is 376 g/mol. The topological polar surface area (TPSA) is 60.9 Å². The van der Waals surface area contributed by atoms with Crippen LogP contribution in [-0.2, 0) is 9.59 Å². The summed E-state index contributed by atoms with van der Waals surface area (Å²) in [5.41, 5.74) is 3.16. The number of hydrogen-bond donors (Lipinski definition) is 1. The minimum atomic E-state index is -0.286. The van der Waals surface area contributed by atoms with Crippen molar-refractivity contribution in [3.63, 3.8) is 0 Å². The molecule has 1 saturated heterocycles. The Labute approximate surface area is 164 Å². The van der Waals surface area contributed by atoms with Gasteiger partial charge in [-0.3, -0.25) is 9.59 Å². The molecule has 28 heavy (non-hydrogen) atoms. The zero-order chi connectivity index (χ0) is 19.7. The minimum Gasteiger partial charge on any atom is -0.396 e. The van der Waals surface area contributed by atoms with Crippen LogP contribution in [0.1, 0.15) is 24.0 Å². The molecule has 0 saturated carbocycles. The van der Waals surface area contributed by atoms with Crippen molar-refractivity contribution in [2.45, 2.75) is 19.8 Å². The molecule has 5 nitrogen and oxygen atoms in total. The Morgan fingerprint density at radius 3 is 2.43 bits per heavy atom. The Morgan fingerprint density at radius 2 is 1.71 bits per heavy atom. The van der Waals surface area contributed by atoms with Crippen LogP contribution in [0.3, 0.4) is 0 Å². The van der Waals surface area contributed by atoms with E-state index in [4.69, 9.17) is 0 Å². The molecule has 2 heterocycles. The lowest BCUT2D eigenvalue weighted by Gasteiger charge is -2.34. The van der Waals surface area contributed by atoms with Crippen molar-refractivity contribution in [3.05, 3.63) is 71.4 Å². The minimum absolute atomic E-state index is 0.0914. The van der Waals surface area contributed by atoms with E-state index < -0.39 is 0 Å². The van der Waals surface area contributed by atoms with Gasteiger partial charge in [-0.05, 0) is 42.9 Å². The second-order valence-corrected chi connectivity index (χ2v) is 7.46. The van der Waals surface area contributed by atoms with E-state index in [0.29, 0.717) is 30.0 Å². The first-order chi connectivity index (χ1) is 13.6. The number of carbonyl (C=O) groups is 2. The van der Waals surface area contributed by atoms with Crippen molar-refractivity contribution in [1.82, 2.24) is 4.90 Å². The second-order valence-electron chi connectivity index (χ2n) is 7.46. The van der Waals surface area contributed by atoms with E-state index >= 15 is 0 Å². The first kappa shape index (κ1) is 18.4. The van der Waals surface area contributed by atoms with E-state index in [0.717, 1.165) is 24.0 Å². The van der Waals surface area contributed by atoms with Gasteiger partial charge in [0.2, 0.25) is 0 Å². The van der Waals surface area contributed by atoms with Gasteiger partial charge in [0.25, 0.3) is 11.8 Å². The molecule has 2 aliphatic rings. The quantitative estimate of drug-likeness (QED) is 0.834. The Hall–Kier alpha value is -2.92. The van der Waals surface area contributed by atoms with E-state index in [1.165, 1.54) is 4.90 Å². The van der Waals surface area contributed by atoms with Gasteiger partial charge in [-0.15, -0.1) is 0 Å². The Bertz CT molecular complexity index is 936. The van der Waals surface area contributed by atoms with Crippen LogP contribution in [0.25, 0.3) is 5.57 Å². The van der Waals surface area contributed by atoms with Crippen molar-refractivity contribution in [1.29, 1.82) is 0 Å². The summed E-state index contributed by atoms with van der Waals surface area (Å²) in [6.45, 7) is 3.29. The summed E-state index contributed by atoms with van der Waals surface area (Å²) >= 11 is 0. The summed E-state index contributed by atoms with van der Waals surface area (Å²) in [5.74, 6) is -0.447. The predicted molar refractivity (Wildman–Crippen MR) is 108 cm³/mol. The van der Waals surface area contributed by atoms with Gasteiger partial charge in [-0.25, -0.2) is 4.90 Å². The third kappa shape index (κ3) is 3.12. The number of piperidine rings is 1. The fourth-order valence-electron chi connectivity index (χ4n) is 4.13. The summed E-state index contributed by atoms with van der Waals surface area (Å²) < 4.78 is 0. The van der Waals surface area contributed by atoms with Crippen LogP contribution in [0.4, 0.5) is 5.69 Å². The molecule has 2 amide bonds. The molecule has 2 aromatic rings. The molecule has 2 aliphatic heterocycles. The van der Waals surface area contributed by atoms with Gasteiger partial charge in [0.1, 0.15) is 5.70 Å². The standard InChI is InChI=1S/C23H24N2O3/c1-16-8-5-6-12-19(16)25-22(27)20(18-10-3-2-4-11-18)21(23(25)28)24-13-7-9-17(14-24)15-26/h2-6,8,10-12,17,26H,7,9,13-15H2,1H3. The number of benzene rings is 2. The molecular formula is C23H24N2O3. The van der Waals surface area contributed by atoms with E-state index in [1.54, 1.807) is 0 Å². The van der Waals surface area contributed by atoms with Crippen molar-refractivity contribution in [2.24, 2.45) is 5.92 Å². The number of carbonyl (C=O) groups excluding carboxylic acids is 2. The first-order valence-corrected chi connectivity index (χ1v) is 9.71. The number of aryl methyl sites for hydroxylation is 1. The number of hydrogen-bond acceptors (Lipinski definition) is 4. The van der Waals surface area contributed by atoms with Gasteiger partial charge in [-0.1, -0.05) is 48.5 Å². The SMILES string of the molecule is Cc1ccccc1N1C(=O)C(c2ccccc2)=C(N2CCCC(CO)C2)C1=O. The van der Waals surface area contributed by atoms with Crippen LogP contribution in [-0.4, -0.2) is 41.5 Å². The summed E-state index contributed by atoms with van der Waals surface area (Å²) in [6, 6.07) is 16.8. The van der Waals surface area contributed by atoms with Gasteiger partial charge >= 0.3 is 0 Å². The number of aliphatic hydroxyl groups is 1. The predicted octanol–water partition coefficient (Wildman–Crippen LogP) is 2.98. The van der Waals surface area contributed by atoms with Crippen LogP contribution in [0.5, 0.6) is 0 Å². The third-order valence-corrected chi connectivity index (χ3v) is 5.57. The maximum Gasteiger partial charge on any atom is 0.282 e. The molecule has 0 bridgehead atoms. The van der Waals surface area contributed by atoms with E-state index in [9.17, 15) is 14.7 Å². The van der Waals surface area contributed by atoms with Crippen LogP contribution >= 0.6 is 0 Å². The lowest BCUT2D eigenvalue weighted by atomic mass is 9.97. The number of para-hydroxylation sites is 1. The van der Waals surface area contributed by atoms with Crippen LogP contribution < -0.4 is 4.90 Å². The first-order valence-electron chi connectivity index (χ1n) is 9.71. The highest BCUT2D eigenvalue weighted by atomic mass is 16.3. The van der Waals surface area contributed by atoms with E-state index in [-0.39, 0.29) is 24.3 Å². The fourth-order valence-corrected chi connectivity index (χ4v) is 4.13. The molecule has 0 aromatic heterocycles. The highest BCUT2D eigenvalue weighted by Gasteiger charge is 2.43. The number of rotatable bonds is 4. The zero-order valence-corrected chi connectivity index (χ0v) is 16.0. The number of amides is 2. The normalized spacial score (nSPS) is 20.3. The highest BCUT2D eigenvalue weighted by molar-refractivity contribution is 6.45. The molecule has 5 heteroatoms. The monoisotopic (exact) mass is 376 g/mol. The van der Waals surface area contributed by atoms with Gasteiger partial charge in [0, 0.05) is 19.7 Å². The Kier molecular flexibility index (Phi) is 5.01. The summed E-state index contributed by atoms with van der Waals surface area (Å²) in [7, 11) is 0. The molecule has 2 aromatic carbocycles. The molecule has 0 spiro atoms. The lowest BCUT2D eigenvalue weighted by Crippen LogP contribution is -2.40. The van der Waals surface area contributed by atoms with Crippen LogP contribution in [0.2, 0.25) is 0 Å². The third-order valence-electron chi connectivity index (χ3n) is 5.57. The summed E-state index contributed by atoms with van der Waals surface area (Å²) in [5, 5.41) is 9.61. The number of likely N-dealkylation sites (tertiary alicyclic amines) is 1. The largest absolute Gasteiger partial charge is 0.396 e. The van der Waals surface area contributed by atoms with E-state index in [2.05, 4.69) is 0 Å². The number of nitrogens with zero attached hydrogens (tertiary/aromatic N) is 2. The van der Waals surface area contributed by atoms with Gasteiger partial charge < -0.3 is 10.0 Å². The lowest BCUT2D eigenvalue weighted by molar-refractivity contribution is -0.120. The number of anilines is 1. The fraction of sp³-hybridized carbons (Fsp3) is 0.304. The van der Waals surface area contributed by atoms with Crippen molar-refractivity contribution >= 4 is 23.1 Å². The van der Waals surface area contributed by atoms with E-state index in [1.807, 2.05) is 66.4 Å². The molecule has 0 radical (unpaired) electrons. The van der Waals surface area contributed by atoms with Gasteiger partial charge in [0.05, 0.1) is 11.3 Å². The molecular weight excluding hydrogens is 352 g/mol. The molecule has 144 valence electrons. The maximum absolute atomic E-state index is 13.5. The number of aliphatic hydroxyl groups excluding tert-OH is 1. The zero-order valence-electron chi connectivity index (χ0n) is 16.0. The number of imide groups is 1. The molecule has 1 fully saturated rings. The molecule has 1 atom stereocenters. The average Bonchev–Trinajstić information content (AvgIpc) is 2.99.